The van der Waals surface area contributed by atoms with Gasteiger partial charge in [0.15, 0.2) is 0 Å². The third-order valence-corrected chi connectivity index (χ3v) is 4.07. The maximum Gasteiger partial charge on any atom is 0.00923 e. The van der Waals surface area contributed by atoms with E-state index in [9.17, 15) is 0 Å². The van der Waals surface area contributed by atoms with Crippen LogP contribution in [0.2, 0.25) is 0 Å². The highest BCUT2D eigenvalue weighted by Crippen LogP contribution is 2.21. The molecule has 1 aliphatic carbocycles. The highest BCUT2D eigenvalue weighted by atomic mass is 15.1. The van der Waals surface area contributed by atoms with E-state index in [4.69, 9.17) is 0 Å². The summed E-state index contributed by atoms with van der Waals surface area (Å²) in [6.45, 7) is 3.35. The number of benzene rings is 1. The molecule has 1 heteroatoms. The Morgan fingerprint density at radius 2 is 1.71 bits per heavy atom. The van der Waals surface area contributed by atoms with Crippen molar-refractivity contribution in [2.75, 3.05) is 13.6 Å². The highest BCUT2D eigenvalue weighted by molar-refractivity contribution is 5.21. The molecule has 2 rings (SSSR count). The van der Waals surface area contributed by atoms with Gasteiger partial charge in [-0.3, -0.25) is 0 Å². The van der Waals surface area contributed by atoms with Gasteiger partial charge in [-0.2, -0.15) is 0 Å². The van der Waals surface area contributed by atoms with E-state index in [-0.39, 0.29) is 0 Å². The molecule has 0 amide bonds. The van der Waals surface area contributed by atoms with Crippen LogP contribution in [0.5, 0.6) is 0 Å². The highest BCUT2D eigenvalue weighted by Gasteiger charge is 2.17. The summed E-state index contributed by atoms with van der Waals surface area (Å²) in [6.07, 6.45) is 8.31. The summed E-state index contributed by atoms with van der Waals surface area (Å²) < 4.78 is 0. The minimum atomic E-state index is 0.842. The molecular weight excluding hydrogens is 206 g/mol. The van der Waals surface area contributed by atoms with Gasteiger partial charge in [-0.25, -0.2) is 0 Å². The molecule has 0 unspecified atom stereocenters. The predicted molar refractivity (Wildman–Crippen MR) is 74.4 cm³/mol. The van der Waals surface area contributed by atoms with E-state index in [0.29, 0.717) is 0 Å². The van der Waals surface area contributed by atoms with Crippen molar-refractivity contribution in [1.82, 2.24) is 4.90 Å². The molecule has 1 nitrogen and oxygen atoms in total. The van der Waals surface area contributed by atoms with Crippen LogP contribution in [0.25, 0.3) is 0 Å². The van der Waals surface area contributed by atoms with E-state index in [0.717, 1.165) is 6.04 Å². The third-order valence-electron chi connectivity index (χ3n) is 4.07. The van der Waals surface area contributed by atoms with Gasteiger partial charge in [0.2, 0.25) is 0 Å². The van der Waals surface area contributed by atoms with Crippen molar-refractivity contribution in [1.29, 1.82) is 0 Å². The molecule has 0 heterocycles. The molecule has 0 bridgehead atoms. The fraction of sp³-hybridized carbons (Fsp3) is 0.625. The fourth-order valence-corrected chi connectivity index (χ4v) is 2.76. The minimum absolute atomic E-state index is 0.842. The van der Waals surface area contributed by atoms with Crippen LogP contribution in [0, 0.1) is 6.92 Å². The Hall–Kier alpha value is -0.820. The third kappa shape index (κ3) is 3.85. The average Bonchev–Trinajstić information content (AvgIpc) is 2.39. The van der Waals surface area contributed by atoms with Crippen molar-refractivity contribution in [2.24, 2.45) is 0 Å². The Kier molecular flexibility index (Phi) is 4.61. The molecule has 0 spiro atoms. The first-order valence-electron chi connectivity index (χ1n) is 7.01. The standard InChI is InChI=1S/C16H25N/c1-14-8-10-15(11-9-14)12-13-17(2)16-6-4-3-5-7-16/h8-11,16H,3-7,12-13H2,1-2H3. The summed E-state index contributed by atoms with van der Waals surface area (Å²) in [6, 6.07) is 9.81. The molecule has 1 fully saturated rings. The molecule has 0 aliphatic heterocycles. The van der Waals surface area contributed by atoms with Crippen molar-refractivity contribution in [3.63, 3.8) is 0 Å². The SMILES string of the molecule is Cc1ccc(CCN(C)C2CCCCC2)cc1. The number of rotatable bonds is 4. The van der Waals surface area contributed by atoms with E-state index in [1.165, 1.54) is 56.2 Å². The number of hydrogen-bond acceptors (Lipinski definition) is 1. The minimum Gasteiger partial charge on any atom is -0.303 e. The van der Waals surface area contributed by atoms with Gasteiger partial charge in [0.25, 0.3) is 0 Å². The van der Waals surface area contributed by atoms with Crippen LogP contribution in [0.3, 0.4) is 0 Å². The molecule has 94 valence electrons. The molecule has 1 saturated carbocycles. The Labute approximate surface area is 106 Å². The maximum absolute atomic E-state index is 2.57. The van der Waals surface area contributed by atoms with Gasteiger partial charge in [-0.1, -0.05) is 49.1 Å². The first-order chi connectivity index (χ1) is 8.25. The summed E-state index contributed by atoms with van der Waals surface area (Å²) in [5, 5.41) is 0. The lowest BCUT2D eigenvalue weighted by Crippen LogP contribution is -2.34. The van der Waals surface area contributed by atoms with Crippen molar-refractivity contribution in [3.05, 3.63) is 35.4 Å². The van der Waals surface area contributed by atoms with Crippen molar-refractivity contribution < 1.29 is 0 Å². The van der Waals surface area contributed by atoms with Crippen LogP contribution in [0.4, 0.5) is 0 Å². The van der Waals surface area contributed by atoms with Gasteiger partial charge < -0.3 is 4.90 Å². The Bertz CT molecular complexity index is 322. The summed E-state index contributed by atoms with van der Waals surface area (Å²) in [7, 11) is 2.30. The maximum atomic E-state index is 2.57. The van der Waals surface area contributed by atoms with Gasteiger partial charge >= 0.3 is 0 Å². The van der Waals surface area contributed by atoms with Gasteiger partial charge in [0.05, 0.1) is 0 Å². The molecule has 0 aromatic heterocycles. The zero-order chi connectivity index (χ0) is 12.1. The predicted octanol–water partition coefficient (Wildman–Crippen LogP) is 3.80. The molecule has 0 radical (unpaired) electrons. The Morgan fingerprint density at radius 1 is 1.06 bits per heavy atom. The molecular formula is C16H25N. The van der Waals surface area contributed by atoms with E-state index in [2.05, 4.69) is 43.1 Å². The van der Waals surface area contributed by atoms with E-state index >= 15 is 0 Å². The molecule has 0 atom stereocenters. The number of nitrogens with zero attached hydrogens (tertiary/aromatic N) is 1. The van der Waals surface area contributed by atoms with Crippen LogP contribution >= 0.6 is 0 Å². The summed E-state index contributed by atoms with van der Waals surface area (Å²) in [5.74, 6) is 0. The molecule has 0 saturated heterocycles. The van der Waals surface area contributed by atoms with Gasteiger partial charge in [0.1, 0.15) is 0 Å². The lowest BCUT2D eigenvalue weighted by Gasteiger charge is -2.31. The average molecular weight is 231 g/mol. The second kappa shape index (κ2) is 6.20. The number of hydrogen-bond donors (Lipinski definition) is 0. The molecule has 0 N–H and O–H groups in total. The fourth-order valence-electron chi connectivity index (χ4n) is 2.76. The second-order valence-corrected chi connectivity index (χ2v) is 5.51. The first-order valence-corrected chi connectivity index (χ1v) is 7.01. The lowest BCUT2D eigenvalue weighted by atomic mass is 9.94. The van der Waals surface area contributed by atoms with Crippen LogP contribution in [0.1, 0.15) is 43.2 Å². The zero-order valence-corrected chi connectivity index (χ0v) is 11.3. The van der Waals surface area contributed by atoms with Crippen molar-refractivity contribution in [3.8, 4) is 0 Å². The van der Waals surface area contributed by atoms with E-state index in [1.807, 2.05) is 0 Å². The van der Waals surface area contributed by atoms with Crippen molar-refractivity contribution in [2.45, 2.75) is 51.5 Å². The van der Waals surface area contributed by atoms with Gasteiger partial charge in [-0.05, 0) is 38.8 Å². The van der Waals surface area contributed by atoms with E-state index in [1.54, 1.807) is 0 Å². The van der Waals surface area contributed by atoms with E-state index < -0.39 is 0 Å². The second-order valence-electron chi connectivity index (χ2n) is 5.51. The quantitative estimate of drug-likeness (QED) is 0.762. The van der Waals surface area contributed by atoms with Crippen LogP contribution in [0.15, 0.2) is 24.3 Å². The summed E-state index contributed by atoms with van der Waals surface area (Å²) >= 11 is 0. The molecule has 1 aromatic rings. The summed E-state index contributed by atoms with van der Waals surface area (Å²) in [4.78, 5) is 2.57. The summed E-state index contributed by atoms with van der Waals surface area (Å²) in [5.41, 5.74) is 2.83. The molecule has 17 heavy (non-hydrogen) atoms. The largest absolute Gasteiger partial charge is 0.303 e. The van der Waals surface area contributed by atoms with Crippen LogP contribution in [-0.4, -0.2) is 24.5 Å². The lowest BCUT2D eigenvalue weighted by molar-refractivity contribution is 0.194. The first kappa shape index (κ1) is 12.6. The topological polar surface area (TPSA) is 3.24 Å². The van der Waals surface area contributed by atoms with Gasteiger partial charge in [0, 0.05) is 12.6 Å². The monoisotopic (exact) mass is 231 g/mol. The normalized spacial score (nSPS) is 17.6. The van der Waals surface area contributed by atoms with Gasteiger partial charge in [-0.15, -0.1) is 0 Å². The Balaban J connectivity index is 1.78. The zero-order valence-electron chi connectivity index (χ0n) is 11.3. The smallest absolute Gasteiger partial charge is 0.00923 e. The molecule has 1 aliphatic rings. The number of aryl methyl sites for hydroxylation is 1. The van der Waals surface area contributed by atoms with Crippen molar-refractivity contribution >= 4 is 0 Å². The Morgan fingerprint density at radius 3 is 2.35 bits per heavy atom. The van der Waals surface area contributed by atoms with Crippen LogP contribution < -0.4 is 0 Å². The molecule has 1 aromatic carbocycles. The van der Waals surface area contributed by atoms with Crippen LogP contribution in [-0.2, 0) is 6.42 Å². The number of likely N-dealkylation sites (N-methyl/N-ethyl adjacent to an activating group) is 1.